The molecule has 25 heavy (non-hydrogen) atoms. The zero-order chi connectivity index (χ0) is 18.2. The van der Waals surface area contributed by atoms with Crippen molar-refractivity contribution in [2.45, 2.75) is 38.5 Å². The van der Waals surface area contributed by atoms with Crippen molar-refractivity contribution in [1.82, 2.24) is 15.0 Å². The average Bonchev–Trinajstić information content (AvgIpc) is 3.14. The van der Waals surface area contributed by atoms with Gasteiger partial charge in [-0.05, 0) is 42.9 Å². The number of nitrogens with one attached hydrogen (secondary N) is 1. The number of hydrogen-bond acceptors (Lipinski definition) is 4. The van der Waals surface area contributed by atoms with Crippen LogP contribution >= 0.6 is 0 Å². The summed E-state index contributed by atoms with van der Waals surface area (Å²) >= 11 is 0. The van der Waals surface area contributed by atoms with Crippen LogP contribution in [0.4, 0.5) is 0 Å². The highest BCUT2D eigenvalue weighted by Crippen LogP contribution is 2.30. The Morgan fingerprint density at radius 3 is 2.44 bits per heavy atom. The van der Waals surface area contributed by atoms with Crippen molar-refractivity contribution in [3.05, 3.63) is 59.5 Å². The molecule has 2 heterocycles. The van der Waals surface area contributed by atoms with Crippen LogP contribution in [-0.4, -0.2) is 37.1 Å². The van der Waals surface area contributed by atoms with Crippen LogP contribution < -0.4 is 0 Å². The molecule has 1 unspecified atom stereocenters. The molecule has 2 aromatic rings. The van der Waals surface area contributed by atoms with Crippen molar-refractivity contribution in [2.75, 3.05) is 0 Å². The minimum absolute atomic E-state index is 0.357. The summed E-state index contributed by atoms with van der Waals surface area (Å²) in [4.78, 5) is 31.0. The molecule has 7 heteroatoms. The van der Waals surface area contributed by atoms with Crippen LogP contribution in [0.1, 0.15) is 48.2 Å². The summed E-state index contributed by atoms with van der Waals surface area (Å²) in [7, 11) is 0. The van der Waals surface area contributed by atoms with Gasteiger partial charge in [-0.1, -0.05) is 6.92 Å². The number of nitrogens with zero attached hydrogens (tertiary/aromatic N) is 2. The van der Waals surface area contributed by atoms with E-state index >= 15 is 0 Å². The average molecular weight is 343 g/mol. The molecule has 0 aromatic carbocycles. The number of H-pyrrole nitrogens is 1. The normalized spacial score (nSPS) is 14.3. The van der Waals surface area contributed by atoms with E-state index in [1.54, 1.807) is 6.33 Å². The first-order valence-corrected chi connectivity index (χ1v) is 8.08. The van der Waals surface area contributed by atoms with Crippen molar-refractivity contribution in [1.29, 1.82) is 0 Å². The summed E-state index contributed by atoms with van der Waals surface area (Å²) in [5.74, 6) is -2.16. The first-order chi connectivity index (χ1) is 12.0. The van der Waals surface area contributed by atoms with Crippen LogP contribution in [-0.2, 0) is 22.4 Å². The molecule has 3 rings (SSSR count). The Bertz CT molecular complexity index is 738. The van der Waals surface area contributed by atoms with Crippen molar-refractivity contribution in [2.24, 2.45) is 0 Å². The van der Waals surface area contributed by atoms with Gasteiger partial charge in [-0.2, -0.15) is 0 Å². The molecule has 2 aromatic heterocycles. The Hall–Kier alpha value is -2.96. The molecule has 0 fully saturated rings. The smallest absolute Gasteiger partial charge is 0.328 e. The molecule has 0 saturated heterocycles. The van der Waals surface area contributed by atoms with Gasteiger partial charge in [-0.25, -0.2) is 14.6 Å². The second kappa shape index (κ2) is 8.77. The molecule has 0 saturated carbocycles. The summed E-state index contributed by atoms with van der Waals surface area (Å²) in [5, 5.41) is 15.6. The van der Waals surface area contributed by atoms with Gasteiger partial charge in [0.2, 0.25) is 0 Å². The summed E-state index contributed by atoms with van der Waals surface area (Å²) in [6, 6.07) is 2.16. The quantitative estimate of drug-likeness (QED) is 0.735. The molecule has 0 amide bonds. The summed E-state index contributed by atoms with van der Waals surface area (Å²) in [6.45, 7) is 2.22. The molecular weight excluding hydrogens is 322 g/mol. The van der Waals surface area contributed by atoms with E-state index in [2.05, 4.69) is 27.9 Å². The highest BCUT2D eigenvalue weighted by atomic mass is 16.4. The molecule has 132 valence electrons. The molecule has 0 spiro atoms. The number of rotatable bonds is 4. The van der Waals surface area contributed by atoms with Crippen LogP contribution in [0, 0.1) is 0 Å². The van der Waals surface area contributed by atoms with Crippen molar-refractivity contribution in [3.63, 3.8) is 0 Å². The lowest BCUT2D eigenvalue weighted by Gasteiger charge is -2.21. The second-order valence-corrected chi connectivity index (χ2v) is 5.76. The minimum atomic E-state index is -1.26. The van der Waals surface area contributed by atoms with Crippen LogP contribution in [0.5, 0.6) is 0 Å². The standard InChI is InChI=1S/C14H17N3.C4H4O4/c1-10(14-8-15-9-17-14)11-6-7-16-13-5-3-2-4-12(11)13;5-3(6)1-2-4(7)8/h6-10H,2-5H2,1H3,(H,15,17);1-2H,(H,5,6)(H,7,8)/b;2-1+. The highest BCUT2D eigenvalue weighted by molar-refractivity contribution is 5.89. The van der Waals surface area contributed by atoms with Gasteiger partial charge in [-0.15, -0.1) is 0 Å². The monoisotopic (exact) mass is 343 g/mol. The van der Waals surface area contributed by atoms with Gasteiger partial charge in [0, 0.05) is 36.2 Å². The van der Waals surface area contributed by atoms with Crippen LogP contribution in [0.15, 0.2) is 36.9 Å². The lowest BCUT2D eigenvalue weighted by atomic mass is 9.86. The summed E-state index contributed by atoms with van der Waals surface area (Å²) in [6.07, 6.45) is 11.7. The zero-order valence-corrected chi connectivity index (χ0v) is 14.0. The van der Waals surface area contributed by atoms with Gasteiger partial charge >= 0.3 is 11.9 Å². The number of aryl methyl sites for hydroxylation is 1. The molecule has 1 aliphatic carbocycles. The third-order valence-corrected chi connectivity index (χ3v) is 4.07. The molecular formula is C18H21N3O4. The number of carboxylic acid groups (broad SMARTS) is 2. The third kappa shape index (κ3) is 5.27. The van der Waals surface area contributed by atoms with E-state index < -0.39 is 11.9 Å². The number of hydrogen-bond donors (Lipinski definition) is 3. The van der Waals surface area contributed by atoms with Crippen molar-refractivity contribution in [3.8, 4) is 0 Å². The molecule has 3 N–H and O–H groups in total. The number of imidazole rings is 1. The summed E-state index contributed by atoms with van der Waals surface area (Å²) < 4.78 is 0. The van der Waals surface area contributed by atoms with E-state index in [-0.39, 0.29) is 0 Å². The maximum absolute atomic E-state index is 9.55. The van der Waals surface area contributed by atoms with Gasteiger partial charge < -0.3 is 15.2 Å². The molecule has 0 bridgehead atoms. The number of carbonyl (C=O) groups is 2. The summed E-state index contributed by atoms with van der Waals surface area (Å²) in [5.41, 5.74) is 5.29. The Morgan fingerprint density at radius 1 is 1.16 bits per heavy atom. The molecule has 1 aliphatic rings. The number of carboxylic acids is 2. The Morgan fingerprint density at radius 2 is 1.84 bits per heavy atom. The van der Waals surface area contributed by atoms with Crippen LogP contribution in [0.3, 0.4) is 0 Å². The Labute approximate surface area is 145 Å². The fraction of sp³-hybridized carbons (Fsp3) is 0.333. The van der Waals surface area contributed by atoms with Crippen molar-refractivity contribution < 1.29 is 19.8 Å². The fourth-order valence-corrected chi connectivity index (χ4v) is 2.87. The maximum atomic E-state index is 9.55. The molecule has 0 aliphatic heterocycles. The predicted octanol–water partition coefficient (Wildman–Crippen LogP) is 2.55. The zero-order valence-electron chi connectivity index (χ0n) is 14.0. The molecule has 0 radical (unpaired) electrons. The van der Waals surface area contributed by atoms with Gasteiger partial charge in [-0.3, -0.25) is 4.98 Å². The predicted molar refractivity (Wildman–Crippen MR) is 91.4 cm³/mol. The van der Waals surface area contributed by atoms with E-state index in [1.165, 1.54) is 36.1 Å². The van der Waals surface area contributed by atoms with E-state index in [4.69, 9.17) is 10.2 Å². The van der Waals surface area contributed by atoms with E-state index in [0.717, 1.165) is 12.1 Å². The first-order valence-electron chi connectivity index (χ1n) is 8.08. The van der Waals surface area contributed by atoms with Crippen molar-refractivity contribution >= 4 is 11.9 Å². The number of aromatic nitrogens is 3. The van der Waals surface area contributed by atoms with Gasteiger partial charge in [0.05, 0.1) is 12.0 Å². The van der Waals surface area contributed by atoms with E-state index in [1.807, 2.05) is 12.4 Å². The first kappa shape index (κ1) is 18.4. The van der Waals surface area contributed by atoms with E-state index in [0.29, 0.717) is 18.1 Å². The lowest BCUT2D eigenvalue weighted by molar-refractivity contribution is -0.134. The van der Waals surface area contributed by atoms with Gasteiger partial charge in [0.15, 0.2) is 0 Å². The largest absolute Gasteiger partial charge is 0.478 e. The van der Waals surface area contributed by atoms with Crippen LogP contribution in [0.25, 0.3) is 0 Å². The maximum Gasteiger partial charge on any atom is 0.328 e. The topological polar surface area (TPSA) is 116 Å². The Balaban J connectivity index is 0.000000242. The minimum Gasteiger partial charge on any atom is -0.478 e. The van der Waals surface area contributed by atoms with Gasteiger partial charge in [0.25, 0.3) is 0 Å². The third-order valence-electron chi connectivity index (χ3n) is 4.07. The lowest BCUT2D eigenvalue weighted by Crippen LogP contribution is -2.11. The molecule has 7 nitrogen and oxygen atoms in total. The number of aromatic amines is 1. The number of aliphatic carboxylic acids is 2. The van der Waals surface area contributed by atoms with E-state index in [9.17, 15) is 9.59 Å². The second-order valence-electron chi connectivity index (χ2n) is 5.76. The fourth-order valence-electron chi connectivity index (χ4n) is 2.87. The van der Waals surface area contributed by atoms with Crippen LogP contribution in [0.2, 0.25) is 0 Å². The number of fused-ring (bicyclic) bond motifs is 1. The highest BCUT2D eigenvalue weighted by Gasteiger charge is 2.19. The molecule has 1 atom stereocenters. The SMILES string of the molecule is CC(c1c[nH]cn1)c1ccnc2c1CCCC2.O=C(O)/C=C/C(=O)O. The van der Waals surface area contributed by atoms with Gasteiger partial charge in [0.1, 0.15) is 0 Å². The Kier molecular flexibility index (Phi) is 6.45. The number of pyridine rings is 1.